The van der Waals surface area contributed by atoms with Crippen LogP contribution in [-0.4, -0.2) is 17.4 Å². The van der Waals surface area contributed by atoms with Gasteiger partial charge in [-0.25, -0.2) is 4.98 Å². The SMILES string of the molecule is CC(C)(C)c1csc(CC(=O)COc2cccc(Cl)c2)n1. The lowest BCUT2D eigenvalue weighted by Crippen LogP contribution is -2.15. The molecule has 0 atom stereocenters. The minimum absolute atomic E-state index is 0.00443. The van der Waals surface area contributed by atoms with Crippen LogP contribution >= 0.6 is 22.9 Å². The second-order valence-corrected chi connectivity index (χ2v) is 7.22. The maximum atomic E-state index is 11.9. The fraction of sp³-hybridized carbons (Fsp3) is 0.375. The third kappa shape index (κ3) is 4.83. The highest BCUT2D eigenvalue weighted by atomic mass is 35.5. The third-order valence-corrected chi connectivity index (χ3v) is 3.95. The lowest BCUT2D eigenvalue weighted by molar-refractivity contribution is -0.120. The summed E-state index contributed by atoms with van der Waals surface area (Å²) < 4.78 is 5.44. The molecule has 0 fully saturated rings. The lowest BCUT2D eigenvalue weighted by atomic mass is 9.93. The minimum atomic E-state index is 0.00443. The van der Waals surface area contributed by atoms with Gasteiger partial charge in [0.05, 0.1) is 12.1 Å². The van der Waals surface area contributed by atoms with Crippen molar-refractivity contribution >= 4 is 28.7 Å². The summed E-state index contributed by atoms with van der Waals surface area (Å²) in [5.74, 6) is 0.607. The number of carbonyl (C=O) groups is 1. The van der Waals surface area contributed by atoms with Crippen molar-refractivity contribution in [1.29, 1.82) is 0 Å². The molecule has 0 radical (unpaired) electrons. The third-order valence-electron chi connectivity index (χ3n) is 2.86. The van der Waals surface area contributed by atoms with Crippen molar-refractivity contribution in [2.75, 3.05) is 6.61 Å². The van der Waals surface area contributed by atoms with Gasteiger partial charge in [-0.2, -0.15) is 0 Å². The standard InChI is InChI=1S/C16H18ClNO2S/c1-16(2,3)14-10-21-15(18-14)8-12(19)9-20-13-6-4-5-11(17)7-13/h4-7,10H,8-9H2,1-3H3. The fourth-order valence-corrected chi connectivity index (χ4v) is 2.91. The van der Waals surface area contributed by atoms with Crippen LogP contribution in [-0.2, 0) is 16.6 Å². The zero-order chi connectivity index (χ0) is 15.5. The smallest absolute Gasteiger partial charge is 0.176 e. The molecule has 0 amide bonds. The monoisotopic (exact) mass is 323 g/mol. The molecule has 1 aromatic carbocycles. The summed E-state index contributed by atoms with van der Waals surface area (Å²) in [6.45, 7) is 6.35. The Labute approximate surface area is 133 Å². The highest BCUT2D eigenvalue weighted by molar-refractivity contribution is 7.09. The van der Waals surface area contributed by atoms with Crippen molar-refractivity contribution in [1.82, 2.24) is 4.98 Å². The molecule has 2 aromatic rings. The number of aromatic nitrogens is 1. The number of ether oxygens (including phenoxy) is 1. The van der Waals surface area contributed by atoms with Gasteiger partial charge in [0, 0.05) is 15.8 Å². The first-order chi connectivity index (χ1) is 9.84. The molecule has 2 rings (SSSR count). The molecule has 1 heterocycles. The Morgan fingerprint density at radius 2 is 2.14 bits per heavy atom. The number of nitrogens with zero attached hydrogens (tertiary/aromatic N) is 1. The van der Waals surface area contributed by atoms with Crippen LogP contribution in [0.25, 0.3) is 0 Å². The van der Waals surface area contributed by atoms with E-state index in [1.807, 2.05) is 5.38 Å². The summed E-state index contributed by atoms with van der Waals surface area (Å²) in [7, 11) is 0. The fourth-order valence-electron chi connectivity index (χ4n) is 1.68. The van der Waals surface area contributed by atoms with Crippen LogP contribution in [0, 0.1) is 0 Å². The summed E-state index contributed by atoms with van der Waals surface area (Å²) >= 11 is 7.38. The van der Waals surface area contributed by atoms with Gasteiger partial charge in [-0.1, -0.05) is 38.4 Å². The summed E-state index contributed by atoms with van der Waals surface area (Å²) in [5, 5.41) is 3.44. The van der Waals surface area contributed by atoms with Gasteiger partial charge in [0.2, 0.25) is 0 Å². The van der Waals surface area contributed by atoms with E-state index in [4.69, 9.17) is 16.3 Å². The second-order valence-electron chi connectivity index (χ2n) is 5.84. The first-order valence-corrected chi connectivity index (χ1v) is 7.95. The van der Waals surface area contributed by atoms with E-state index in [0.29, 0.717) is 17.2 Å². The number of hydrogen-bond donors (Lipinski definition) is 0. The summed E-state index contributed by atoms with van der Waals surface area (Å²) in [5.41, 5.74) is 1.03. The van der Waals surface area contributed by atoms with E-state index in [1.54, 1.807) is 24.3 Å². The van der Waals surface area contributed by atoms with Crippen LogP contribution in [0.3, 0.4) is 0 Å². The molecule has 0 aliphatic heterocycles. The Kier molecular flexibility index (Phi) is 5.01. The molecule has 0 saturated carbocycles. The average molecular weight is 324 g/mol. The first-order valence-electron chi connectivity index (χ1n) is 6.69. The molecule has 0 aliphatic rings. The normalized spacial score (nSPS) is 11.4. The van der Waals surface area contributed by atoms with Gasteiger partial charge < -0.3 is 4.74 Å². The number of ketones is 1. The van der Waals surface area contributed by atoms with E-state index in [0.717, 1.165) is 10.7 Å². The molecular weight excluding hydrogens is 306 g/mol. The first kappa shape index (κ1) is 16.0. The Balaban J connectivity index is 1.89. The number of hydrogen-bond acceptors (Lipinski definition) is 4. The van der Waals surface area contributed by atoms with Crippen molar-refractivity contribution in [3.8, 4) is 5.75 Å². The summed E-state index contributed by atoms with van der Waals surface area (Å²) in [6.07, 6.45) is 0.307. The maximum Gasteiger partial charge on any atom is 0.176 e. The van der Waals surface area contributed by atoms with Gasteiger partial charge in [-0.05, 0) is 18.2 Å². The summed E-state index contributed by atoms with van der Waals surface area (Å²) in [6, 6.07) is 7.02. The number of benzene rings is 1. The maximum absolute atomic E-state index is 11.9. The number of thiazole rings is 1. The van der Waals surface area contributed by atoms with Gasteiger partial charge in [0.15, 0.2) is 5.78 Å². The molecule has 1 aromatic heterocycles. The average Bonchev–Trinajstić information content (AvgIpc) is 2.85. The molecular formula is C16H18ClNO2S. The van der Waals surface area contributed by atoms with Crippen LogP contribution in [0.4, 0.5) is 0 Å². The van der Waals surface area contributed by atoms with Crippen molar-refractivity contribution in [2.45, 2.75) is 32.6 Å². The number of rotatable bonds is 5. The number of Topliss-reactive ketones (excluding diaryl/α,β-unsaturated/α-hetero) is 1. The Morgan fingerprint density at radius 3 is 2.76 bits per heavy atom. The molecule has 0 spiro atoms. The van der Waals surface area contributed by atoms with E-state index in [2.05, 4.69) is 25.8 Å². The van der Waals surface area contributed by atoms with Crippen molar-refractivity contribution in [3.63, 3.8) is 0 Å². The van der Waals surface area contributed by atoms with E-state index >= 15 is 0 Å². The van der Waals surface area contributed by atoms with Crippen molar-refractivity contribution in [2.24, 2.45) is 0 Å². The second kappa shape index (κ2) is 6.58. The van der Waals surface area contributed by atoms with Crippen LogP contribution in [0.5, 0.6) is 5.75 Å². The Morgan fingerprint density at radius 1 is 1.38 bits per heavy atom. The highest BCUT2D eigenvalue weighted by Gasteiger charge is 2.18. The Bertz CT molecular complexity index is 631. The zero-order valence-corrected chi connectivity index (χ0v) is 13.9. The zero-order valence-electron chi connectivity index (χ0n) is 12.4. The van der Waals surface area contributed by atoms with E-state index in [-0.39, 0.29) is 17.8 Å². The quantitative estimate of drug-likeness (QED) is 0.824. The molecule has 21 heavy (non-hydrogen) atoms. The molecule has 5 heteroatoms. The van der Waals surface area contributed by atoms with Crippen LogP contribution in [0.2, 0.25) is 5.02 Å². The van der Waals surface area contributed by atoms with Gasteiger partial charge in [-0.15, -0.1) is 11.3 Å². The van der Waals surface area contributed by atoms with Gasteiger partial charge in [0.25, 0.3) is 0 Å². The van der Waals surface area contributed by atoms with Gasteiger partial charge in [-0.3, -0.25) is 4.79 Å². The van der Waals surface area contributed by atoms with Crippen LogP contribution < -0.4 is 4.74 Å². The predicted molar refractivity (Wildman–Crippen MR) is 86.5 cm³/mol. The number of carbonyl (C=O) groups excluding carboxylic acids is 1. The van der Waals surface area contributed by atoms with Crippen molar-refractivity contribution in [3.05, 3.63) is 45.4 Å². The molecule has 0 saturated heterocycles. The highest BCUT2D eigenvalue weighted by Crippen LogP contribution is 2.24. The lowest BCUT2D eigenvalue weighted by Gasteiger charge is -2.14. The molecule has 112 valence electrons. The summed E-state index contributed by atoms with van der Waals surface area (Å²) in [4.78, 5) is 16.4. The van der Waals surface area contributed by atoms with E-state index < -0.39 is 0 Å². The van der Waals surface area contributed by atoms with Crippen LogP contribution in [0.15, 0.2) is 29.6 Å². The largest absolute Gasteiger partial charge is 0.486 e. The molecule has 0 N–H and O–H groups in total. The number of halogens is 1. The predicted octanol–water partition coefficient (Wildman–Crippen LogP) is 4.28. The van der Waals surface area contributed by atoms with Crippen molar-refractivity contribution < 1.29 is 9.53 Å². The molecule has 0 aliphatic carbocycles. The Hall–Kier alpha value is -1.39. The molecule has 0 bridgehead atoms. The molecule has 3 nitrogen and oxygen atoms in total. The minimum Gasteiger partial charge on any atom is -0.486 e. The van der Waals surface area contributed by atoms with Gasteiger partial charge >= 0.3 is 0 Å². The van der Waals surface area contributed by atoms with E-state index in [9.17, 15) is 4.79 Å². The molecule has 0 unspecified atom stereocenters. The van der Waals surface area contributed by atoms with Gasteiger partial charge in [0.1, 0.15) is 17.4 Å². The topological polar surface area (TPSA) is 39.2 Å². The van der Waals surface area contributed by atoms with Crippen LogP contribution in [0.1, 0.15) is 31.5 Å². The van der Waals surface area contributed by atoms with E-state index in [1.165, 1.54) is 11.3 Å².